The highest BCUT2D eigenvalue weighted by Gasteiger charge is 2.36. The van der Waals surface area contributed by atoms with Gasteiger partial charge in [-0.3, -0.25) is 4.90 Å². The molecule has 0 aromatic heterocycles. The first-order valence-corrected chi connectivity index (χ1v) is 8.70. The summed E-state index contributed by atoms with van der Waals surface area (Å²) in [6.45, 7) is 20.1. The molecule has 1 aliphatic heterocycles. The van der Waals surface area contributed by atoms with Crippen molar-refractivity contribution in [1.29, 1.82) is 0 Å². The summed E-state index contributed by atoms with van der Waals surface area (Å²) in [4.78, 5) is 2.79. The summed E-state index contributed by atoms with van der Waals surface area (Å²) in [7, 11) is 0. The van der Waals surface area contributed by atoms with Gasteiger partial charge in [0.1, 0.15) is 0 Å². The van der Waals surface area contributed by atoms with E-state index in [0.29, 0.717) is 11.0 Å². The van der Waals surface area contributed by atoms with E-state index in [1.165, 1.54) is 45.3 Å². The maximum atomic E-state index is 3.87. The van der Waals surface area contributed by atoms with Crippen LogP contribution in [0.4, 0.5) is 0 Å². The molecular weight excluding hydrogens is 244 g/mol. The summed E-state index contributed by atoms with van der Waals surface area (Å²) in [6.07, 6.45) is 5.10. The Balaban J connectivity index is 2.72. The minimum absolute atomic E-state index is 0.353. The highest BCUT2D eigenvalue weighted by molar-refractivity contribution is 4.97. The monoisotopic (exact) mass is 282 g/mol. The molecule has 0 bridgehead atoms. The molecule has 120 valence electrons. The molecule has 1 heterocycles. The number of piperazine rings is 1. The molecule has 1 rings (SSSR count). The summed E-state index contributed by atoms with van der Waals surface area (Å²) in [6, 6.07) is 0.726. The predicted molar refractivity (Wildman–Crippen MR) is 90.2 cm³/mol. The lowest BCUT2D eigenvalue weighted by atomic mass is 9.85. The van der Waals surface area contributed by atoms with E-state index in [-0.39, 0.29) is 0 Å². The minimum atomic E-state index is 0.353. The number of nitrogens with zero attached hydrogens (tertiary/aromatic N) is 1. The van der Waals surface area contributed by atoms with Crippen LogP contribution >= 0.6 is 0 Å². The van der Waals surface area contributed by atoms with Gasteiger partial charge in [-0.05, 0) is 43.6 Å². The molecule has 0 aromatic rings. The molecule has 0 aromatic carbocycles. The molecule has 0 saturated carbocycles. The van der Waals surface area contributed by atoms with Crippen LogP contribution in [0, 0.1) is 11.3 Å². The van der Waals surface area contributed by atoms with Crippen molar-refractivity contribution in [1.82, 2.24) is 10.2 Å². The largest absolute Gasteiger partial charge is 0.308 e. The molecule has 20 heavy (non-hydrogen) atoms. The zero-order chi connectivity index (χ0) is 15.4. The van der Waals surface area contributed by atoms with Gasteiger partial charge in [-0.2, -0.15) is 0 Å². The first-order valence-electron chi connectivity index (χ1n) is 8.70. The van der Waals surface area contributed by atoms with E-state index < -0.39 is 0 Å². The van der Waals surface area contributed by atoms with E-state index >= 15 is 0 Å². The molecule has 1 aliphatic rings. The average molecular weight is 283 g/mol. The second-order valence-corrected chi connectivity index (χ2v) is 8.43. The minimum Gasteiger partial charge on any atom is -0.308 e. The first kappa shape index (κ1) is 18.0. The second kappa shape index (κ2) is 7.26. The van der Waals surface area contributed by atoms with Crippen LogP contribution in [0.5, 0.6) is 0 Å². The number of hydrogen-bond donors (Lipinski definition) is 1. The molecular formula is C18H38N2. The topological polar surface area (TPSA) is 15.3 Å². The smallest absolute Gasteiger partial charge is 0.0304 e. The van der Waals surface area contributed by atoms with Crippen molar-refractivity contribution >= 4 is 0 Å². The predicted octanol–water partition coefficient (Wildman–Crippen LogP) is 4.30. The number of nitrogens with one attached hydrogen (secondary N) is 1. The first-order chi connectivity index (χ1) is 9.21. The van der Waals surface area contributed by atoms with E-state index in [1.54, 1.807) is 0 Å². The third-order valence-corrected chi connectivity index (χ3v) is 4.98. The van der Waals surface area contributed by atoms with Crippen molar-refractivity contribution in [3.05, 3.63) is 0 Å². The summed E-state index contributed by atoms with van der Waals surface area (Å²) >= 11 is 0. The highest BCUT2D eigenvalue weighted by atomic mass is 15.3. The van der Waals surface area contributed by atoms with Crippen LogP contribution in [-0.4, -0.2) is 36.1 Å². The normalized spacial score (nSPS) is 24.3. The molecule has 1 fully saturated rings. The quantitative estimate of drug-likeness (QED) is 0.781. The molecule has 0 amide bonds. The van der Waals surface area contributed by atoms with Crippen molar-refractivity contribution in [2.45, 2.75) is 85.7 Å². The second-order valence-electron chi connectivity index (χ2n) is 8.43. The van der Waals surface area contributed by atoms with Gasteiger partial charge < -0.3 is 5.32 Å². The Morgan fingerprint density at radius 3 is 2.25 bits per heavy atom. The van der Waals surface area contributed by atoms with E-state index in [4.69, 9.17) is 0 Å². The Morgan fingerprint density at radius 1 is 1.20 bits per heavy atom. The van der Waals surface area contributed by atoms with Crippen molar-refractivity contribution < 1.29 is 0 Å². The zero-order valence-electron chi connectivity index (χ0n) is 15.1. The third-order valence-electron chi connectivity index (χ3n) is 4.98. The maximum Gasteiger partial charge on any atom is 0.0304 e. The fraction of sp³-hybridized carbons (Fsp3) is 1.00. The van der Waals surface area contributed by atoms with Gasteiger partial charge >= 0.3 is 0 Å². The van der Waals surface area contributed by atoms with Crippen LogP contribution in [0.15, 0.2) is 0 Å². The fourth-order valence-corrected chi connectivity index (χ4v) is 3.28. The average Bonchev–Trinajstić information content (AvgIpc) is 2.36. The molecule has 0 radical (unpaired) electrons. The van der Waals surface area contributed by atoms with E-state index in [0.717, 1.165) is 12.0 Å². The summed E-state index contributed by atoms with van der Waals surface area (Å²) in [5.74, 6) is 0.787. The standard InChI is InChI=1S/C18H38N2/c1-8-18(9-2)14-20(11-10-17(5,6)7)16(13-19-18)12-15(3)4/h15-16,19H,8-14H2,1-7H3. The summed E-state index contributed by atoms with van der Waals surface area (Å²) in [5.41, 5.74) is 0.791. The molecule has 1 unspecified atom stereocenters. The van der Waals surface area contributed by atoms with E-state index in [9.17, 15) is 0 Å². The maximum absolute atomic E-state index is 3.87. The van der Waals surface area contributed by atoms with Crippen LogP contribution in [0.3, 0.4) is 0 Å². The fourth-order valence-electron chi connectivity index (χ4n) is 3.28. The van der Waals surface area contributed by atoms with Gasteiger partial charge in [-0.1, -0.05) is 48.5 Å². The number of rotatable bonds is 6. The van der Waals surface area contributed by atoms with Gasteiger partial charge in [0.15, 0.2) is 0 Å². The van der Waals surface area contributed by atoms with Crippen LogP contribution in [0.2, 0.25) is 0 Å². The molecule has 1 atom stereocenters. The van der Waals surface area contributed by atoms with Crippen LogP contribution in [0.25, 0.3) is 0 Å². The molecule has 2 nitrogen and oxygen atoms in total. The van der Waals surface area contributed by atoms with Gasteiger partial charge in [-0.25, -0.2) is 0 Å². The van der Waals surface area contributed by atoms with Gasteiger partial charge in [0.2, 0.25) is 0 Å². The SMILES string of the molecule is CCC1(CC)CN(CCC(C)(C)C)C(CC(C)C)CN1. The van der Waals surface area contributed by atoms with Crippen molar-refractivity contribution in [2.75, 3.05) is 19.6 Å². The summed E-state index contributed by atoms with van der Waals surface area (Å²) in [5, 5.41) is 3.87. The molecule has 0 aliphatic carbocycles. The van der Waals surface area contributed by atoms with Gasteiger partial charge in [0.05, 0.1) is 0 Å². The van der Waals surface area contributed by atoms with Crippen LogP contribution in [-0.2, 0) is 0 Å². The summed E-state index contributed by atoms with van der Waals surface area (Å²) < 4.78 is 0. The van der Waals surface area contributed by atoms with Crippen molar-refractivity contribution in [3.63, 3.8) is 0 Å². The molecule has 0 spiro atoms. The highest BCUT2D eigenvalue weighted by Crippen LogP contribution is 2.27. The third kappa shape index (κ3) is 5.37. The lowest BCUT2D eigenvalue weighted by molar-refractivity contribution is 0.0538. The Kier molecular flexibility index (Phi) is 6.53. The lowest BCUT2D eigenvalue weighted by Gasteiger charge is -2.48. The molecule has 1 N–H and O–H groups in total. The van der Waals surface area contributed by atoms with Crippen LogP contribution < -0.4 is 5.32 Å². The van der Waals surface area contributed by atoms with Crippen molar-refractivity contribution in [3.8, 4) is 0 Å². The van der Waals surface area contributed by atoms with Crippen molar-refractivity contribution in [2.24, 2.45) is 11.3 Å². The van der Waals surface area contributed by atoms with E-state index in [2.05, 4.69) is 58.7 Å². The Labute approximate surface area is 127 Å². The Morgan fingerprint density at radius 2 is 1.80 bits per heavy atom. The number of hydrogen-bond acceptors (Lipinski definition) is 2. The lowest BCUT2D eigenvalue weighted by Crippen LogP contribution is -2.64. The van der Waals surface area contributed by atoms with Gasteiger partial charge in [-0.15, -0.1) is 0 Å². The van der Waals surface area contributed by atoms with E-state index in [1.807, 2.05) is 0 Å². The zero-order valence-corrected chi connectivity index (χ0v) is 15.1. The van der Waals surface area contributed by atoms with Crippen LogP contribution in [0.1, 0.15) is 74.1 Å². The Hall–Kier alpha value is -0.0800. The Bertz CT molecular complexity index is 274. The van der Waals surface area contributed by atoms with Gasteiger partial charge in [0, 0.05) is 24.7 Å². The molecule has 1 saturated heterocycles. The van der Waals surface area contributed by atoms with Gasteiger partial charge in [0.25, 0.3) is 0 Å². The molecule has 2 heteroatoms.